The van der Waals surface area contributed by atoms with Crippen molar-refractivity contribution in [3.05, 3.63) is 76.9 Å². The van der Waals surface area contributed by atoms with Gasteiger partial charge in [0.05, 0.1) is 0 Å². The van der Waals surface area contributed by atoms with Crippen molar-refractivity contribution in [3.8, 4) is 5.75 Å². The van der Waals surface area contributed by atoms with Crippen LogP contribution in [0.1, 0.15) is 26.3 Å². The molecule has 1 aliphatic carbocycles. The van der Waals surface area contributed by atoms with E-state index < -0.39 is 0 Å². The van der Waals surface area contributed by atoms with Crippen LogP contribution in [0.25, 0.3) is 0 Å². The molecule has 0 atom stereocenters. The molecule has 1 aliphatic rings. The van der Waals surface area contributed by atoms with Crippen molar-refractivity contribution >= 4 is 11.6 Å². The van der Waals surface area contributed by atoms with Crippen LogP contribution < -0.4 is 4.74 Å². The summed E-state index contributed by atoms with van der Waals surface area (Å²) in [5.74, 6) is 0.394. The monoisotopic (exact) mass is 278 g/mol. The molecule has 0 aromatic heterocycles. The fraction of sp³-hybridized carbons (Fsp3) is 0.111. The standard InChI is InChI=1S/C18H14O3/c1-12-6-8-14(9-7-12)21-11-13-10-17(19)15-4-2-3-5-16(15)18(13)20/h2-10H,11H2,1H3. The van der Waals surface area contributed by atoms with Gasteiger partial charge >= 0.3 is 0 Å². The molecule has 0 bridgehead atoms. The first-order chi connectivity index (χ1) is 10.1. The summed E-state index contributed by atoms with van der Waals surface area (Å²) in [4.78, 5) is 24.4. The Balaban J connectivity index is 1.79. The minimum absolute atomic E-state index is 0.0992. The highest BCUT2D eigenvalue weighted by Gasteiger charge is 2.25. The third kappa shape index (κ3) is 2.63. The highest BCUT2D eigenvalue weighted by Crippen LogP contribution is 2.22. The fourth-order valence-corrected chi connectivity index (χ4v) is 2.27. The lowest BCUT2D eigenvalue weighted by molar-refractivity contribution is 0.0974. The molecule has 0 saturated heterocycles. The van der Waals surface area contributed by atoms with Gasteiger partial charge in [0.2, 0.25) is 0 Å². The molecule has 104 valence electrons. The van der Waals surface area contributed by atoms with Gasteiger partial charge in [0.1, 0.15) is 12.4 Å². The van der Waals surface area contributed by atoms with Crippen LogP contribution in [0.3, 0.4) is 0 Å². The van der Waals surface area contributed by atoms with E-state index in [-0.39, 0.29) is 18.2 Å². The summed E-state index contributed by atoms with van der Waals surface area (Å²) in [5, 5.41) is 0. The van der Waals surface area contributed by atoms with Crippen molar-refractivity contribution in [2.24, 2.45) is 0 Å². The molecule has 0 fully saturated rings. The van der Waals surface area contributed by atoms with Gasteiger partial charge in [0.15, 0.2) is 11.6 Å². The van der Waals surface area contributed by atoms with Crippen LogP contribution in [0.15, 0.2) is 60.2 Å². The van der Waals surface area contributed by atoms with Gasteiger partial charge in [0.25, 0.3) is 0 Å². The maximum Gasteiger partial charge on any atom is 0.193 e. The van der Waals surface area contributed by atoms with Crippen molar-refractivity contribution in [1.82, 2.24) is 0 Å². The van der Waals surface area contributed by atoms with Crippen LogP contribution >= 0.6 is 0 Å². The summed E-state index contributed by atoms with van der Waals surface area (Å²) < 4.78 is 5.59. The quantitative estimate of drug-likeness (QED) is 0.864. The smallest absolute Gasteiger partial charge is 0.193 e. The molecular formula is C18H14O3. The Bertz CT molecular complexity index is 739. The van der Waals surface area contributed by atoms with E-state index in [0.717, 1.165) is 5.56 Å². The lowest BCUT2D eigenvalue weighted by atomic mass is 9.90. The molecule has 0 amide bonds. The third-order valence-electron chi connectivity index (χ3n) is 3.45. The molecule has 3 rings (SSSR count). The minimum Gasteiger partial charge on any atom is -0.489 e. The van der Waals surface area contributed by atoms with Crippen LogP contribution in [-0.2, 0) is 0 Å². The first-order valence-corrected chi connectivity index (χ1v) is 6.73. The number of ketones is 2. The predicted molar refractivity (Wildman–Crippen MR) is 79.9 cm³/mol. The van der Waals surface area contributed by atoms with E-state index in [2.05, 4.69) is 0 Å². The summed E-state index contributed by atoms with van der Waals surface area (Å²) in [6.07, 6.45) is 1.37. The van der Waals surface area contributed by atoms with E-state index in [4.69, 9.17) is 4.74 Å². The molecule has 0 aliphatic heterocycles. The normalized spacial score (nSPS) is 13.7. The number of fused-ring (bicyclic) bond motifs is 1. The van der Waals surface area contributed by atoms with Gasteiger partial charge in [-0.3, -0.25) is 9.59 Å². The van der Waals surface area contributed by atoms with E-state index in [1.165, 1.54) is 6.08 Å². The van der Waals surface area contributed by atoms with Crippen LogP contribution in [0, 0.1) is 6.92 Å². The van der Waals surface area contributed by atoms with Crippen molar-refractivity contribution in [1.29, 1.82) is 0 Å². The molecule has 0 saturated carbocycles. The number of carbonyl (C=O) groups is 2. The summed E-state index contributed by atoms with van der Waals surface area (Å²) in [6.45, 7) is 2.09. The van der Waals surface area contributed by atoms with Crippen LogP contribution in [-0.4, -0.2) is 18.2 Å². The summed E-state index contributed by atoms with van der Waals surface area (Å²) in [6, 6.07) is 14.4. The van der Waals surface area contributed by atoms with Crippen molar-refractivity contribution in [2.75, 3.05) is 6.61 Å². The SMILES string of the molecule is Cc1ccc(OCC2=CC(=O)c3ccccc3C2=O)cc1. The van der Waals surface area contributed by atoms with Crippen LogP contribution in [0.4, 0.5) is 0 Å². The first-order valence-electron chi connectivity index (χ1n) is 6.73. The summed E-state index contributed by atoms with van der Waals surface area (Å²) in [7, 11) is 0. The van der Waals surface area contributed by atoms with E-state index in [1.807, 2.05) is 31.2 Å². The number of allylic oxidation sites excluding steroid dienone is 1. The Morgan fingerprint density at radius 3 is 2.29 bits per heavy atom. The van der Waals surface area contributed by atoms with Gasteiger partial charge in [-0.05, 0) is 25.1 Å². The average Bonchev–Trinajstić information content (AvgIpc) is 2.51. The molecule has 3 nitrogen and oxygen atoms in total. The van der Waals surface area contributed by atoms with Gasteiger partial charge in [-0.2, -0.15) is 0 Å². The zero-order valence-corrected chi connectivity index (χ0v) is 11.6. The topological polar surface area (TPSA) is 43.4 Å². The molecule has 0 N–H and O–H groups in total. The van der Waals surface area contributed by atoms with Crippen LogP contribution in [0.5, 0.6) is 5.75 Å². The van der Waals surface area contributed by atoms with Gasteiger partial charge in [0, 0.05) is 16.7 Å². The molecule has 0 spiro atoms. The van der Waals surface area contributed by atoms with E-state index >= 15 is 0 Å². The van der Waals surface area contributed by atoms with Crippen molar-refractivity contribution in [2.45, 2.75) is 6.92 Å². The Kier molecular flexibility index (Phi) is 3.40. The van der Waals surface area contributed by atoms with Crippen molar-refractivity contribution in [3.63, 3.8) is 0 Å². The number of Topliss-reactive ketones (excluding diaryl/α,β-unsaturated/α-hetero) is 1. The fourth-order valence-electron chi connectivity index (χ4n) is 2.27. The summed E-state index contributed by atoms with van der Waals surface area (Å²) in [5.41, 5.74) is 2.44. The number of rotatable bonds is 3. The van der Waals surface area contributed by atoms with Gasteiger partial charge < -0.3 is 4.74 Å². The second-order valence-corrected chi connectivity index (χ2v) is 5.01. The molecule has 2 aromatic rings. The molecule has 0 radical (unpaired) electrons. The first kappa shape index (κ1) is 13.3. The molecule has 3 heteroatoms. The predicted octanol–water partition coefficient (Wildman–Crippen LogP) is 3.38. The lowest BCUT2D eigenvalue weighted by Crippen LogP contribution is -2.20. The van der Waals surface area contributed by atoms with E-state index in [1.54, 1.807) is 24.3 Å². The van der Waals surface area contributed by atoms with Gasteiger partial charge in [-0.25, -0.2) is 0 Å². The van der Waals surface area contributed by atoms with E-state index in [0.29, 0.717) is 22.4 Å². The number of benzene rings is 2. The average molecular weight is 278 g/mol. The maximum atomic E-state index is 12.3. The number of ether oxygens (including phenoxy) is 1. The molecule has 21 heavy (non-hydrogen) atoms. The highest BCUT2D eigenvalue weighted by molar-refractivity contribution is 6.24. The van der Waals surface area contributed by atoms with Gasteiger partial charge in [-0.15, -0.1) is 0 Å². The Labute approximate surface area is 122 Å². The van der Waals surface area contributed by atoms with E-state index in [9.17, 15) is 9.59 Å². The highest BCUT2D eigenvalue weighted by atomic mass is 16.5. The Morgan fingerprint density at radius 1 is 0.905 bits per heavy atom. The Hall–Kier alpha value is -2.68. The number of aryl methyl sites for hydroxylation is 1. The molecule has 2 aromatic carbocycles. The Morgan fingerprint density at radius 2 is 1.57 bits per heavy atom. The third-order valence-corrected chi connectivity index (χ3v) is 3.45. The second-order valence-electron chi connectivity index (χ2n) is 5.01. The molecular weight excluding hydrogens is 264 g/mol. The lowest BCUT2D eigenvalue weighted by Gasteiger charge is -2.15. The van der Waals surface area contributed by atoms with Crippen LogP contribution in [0.2, 0.25) is 0 Å². The maximum absolute atomic E-state index is 12.3. The molecule has 0 heterocycles. The number of hydrogen-bond acceptors (Lipinski definition) is 3. The largest absolute Gasteiger partial charge is 0.489 e. The minimum atomic E-state index is -0.146. The second kappa shape index (κ2) is 5.37. The number of carbonyl (C=O) groups excluding carboxylic acids is 2. The van der Waals surface area contributed by atoms with Gasteiger partial charge in [-0.1, -0.05) is 42.0 Å². The molecule has 0 unspecified atom stereocenters. The zero-order chi connectivity index (χ0) is 14.8. The summed E-state index contributed by atoms with van der Waals surface area (Å²) >= 11 is 0. The zero-order valence-electron chi connectivity index (χ0n) is 11.6. The number of hydrogen-bond donors (Lipinski definition) is 0. The van der Waals surface area contributed by atoms with Crippen molar-refractivity contribution < 1.29 is 14.3 Å².